The number of piperazine rings is 1. The molecule has 10 nitrogen and oxygen atoms in total. The first-order valence-electron chi connectivity index (χ1n) is 12.8. The zero-order valence-corrected chi connectivity index (χ0v) is 24.1. The molecule has 0 amide bonds. The van der Waals surface area contributed by atoms with Crippen molar-refractivity contribution in [3.63, 3.8) is 0 Å². The molecular weight excluding hydrogens is 551 g/mol. The van der Waals surface area contributed by atoms with Crippen LogP contribution in [0.5, 0.6) is 11.5 Å². The second-order valence-corrected chi connectivity index (χ2v) is 10.2. The Kier molecular flexibility index (Phi) is 8.39. The van der Waals surface area contributed by atoms with Gasteiger partial charge in [-0.25, -0.2) is 15.0 Å². The van der Waals surface area contributed by atoms with Crippen LogP contribution in [0.3, 0.4) is 0 Å². The zero-order chi connectivity index (χ0) is 28.2. The van der Waals surface area contributed by atoms with Gasteiger partial charge in [-0.2, -0.15) is 4.98 Å². The second kappa shape index (κ2) is 12.1. The van der Waals surface area contributed by atoms with E-state index in [9.17, 15) is 0 Å². The Balaban J connectivity index is 1.38. The second-order valence-electron chi connectivity index (χ2n) is 9.49. The molecule has 40 heavy (non-hydrogen) atoms. The molecule has 1 saturated heterocycles. The third-order valence-corrected chi connectivity index (χ3v) is 7.23. The number of benzene rings is 2. The van der Waals surface area contributed by atoms with Crippen molar-refractivity contribution in [1.82, 2.24) is 25.3 Å². The van der Waals surface area contributed by atoms with Crippen molar-refractivity contribution in [1.29, 1.82) is 0 Å². The molecule has 0 aliphatic carbocycles. The third kappa shape index (κ3) is 5.99. The lowest BCUT2D eigenvalue weighted by atomic mass is 10.1. The number of hydrogen-bond acceptors (Lipinski definition) is 10. The summed E-state index contributed by atoms with van der Waals surface area (Å²) in [5.41, 5.74) is 3.06. The van der Waals surface area contributed by atoms with E-state index in [1.165, 1.54) is 26.2 Å². The molecule has 1 fully saturated rings. The molecule has 1 aliphatic heterocycles. The molecule has 2 aromatic heterocycles. The van der Waals surface area contributed by atoms with Crippen molar-refractivity contribution >= 4 is 52.0 Å². The Labute approximate surface area is 243 Å². The molecular formula is C28H30Cl2N8O2. The van der Waals surface area contributed by atoms with Gasteiger partial charge in [-0.05, 0) is 50.2 Å². The van der Waals surface area contributed by atoms with E-state index in [4.69, 9.17) is 32.7 Å². The summed E-state index contributed by atoms with van der Waals surface area (Å²) in [6.07, 6.45) is 3.10. The van der Waals surface area contributed by atoms with Crippen LogP contribution in [0.2, 0.25) is 10.0 Å². The smallest absolute Gasteiger partial charge is 0.230 e. The molecule has 1 aliphatic rings. The average Bonchev–Trinajstić information content (AvgIpc) is 2.96. The standard InChI is InChI=1S/C28H30Cl2N8O2/c1-16-13-38(14-17(2)34-16)19-9-7-18(8-10-19)35-28-33-15-32-27(37-28)20-6-5-11-31-26(20)36-25-23(29)21(39-3)12-22(40-4)24(25)30/h5-12,15-17,34H,13-14H2,1-4H3,(H,31,36)(H,32,33,35,37)/t16-,17+. The molecule has 2 aromatic carbocycles. The summed E-state index contributed by atoms with van der Waals surface area (Å²) in [6, 6.07) is 14.4. The minimum absolute atomic E-state index is 0.288. The quantitative estimate of drug-likeness (QED) is 0.232. The minimum Gasteiger partial charge on any atom is -0.495 e. The predicted octanol–water partition coefficient (Wildman–Crippen LogP) is 5.93. The monoisotopic (exact) mass is 580 g/mol. The number of rotatable bonds is 8. The van der Waals surface area contributed by atoms with Crippen LogP contribution in [0.15, 0.2) is 55.0 Å². The molecule has 5 rings (SSSR count). The van der Waals surface area contributed by atoms with Crippen LogP contribution in [0.4, 0.5) is 28.8 Å². The first kappa shape index (κ1) is 27.7. The van der Waals surface area contributed by atoms with Crippen molar-refractivity contribution < 1.29 is 9.47 Å². The van der Waals surface area contributed by atoms with Gasteiger partial charge in [0, 0.05) is 48.8 Å². The molecule has 0 saturated carbocycles. The van der Waals surface area contributed by atoms with E-state index in [1.807, 2.05) is 18.2 Å². The number of hydrogen-bond donors (Lipinski definition) is 3. The Bertz CT molecular complexity index is 1450. The summed E-state index contributed by atoms with van der Waals surface area (Å²) in [5, 5.41) is 10.6. The van der Waals surface area contributed by atoms with Crippen LogP contribution in [0.25, 0.3) is 11.4 Å². The third-order valence-electron chi connectivity index (χ3n) is 6.48. The number of anilines is 5. The van der Waals surface area contributed by atoms with Crippen molar-refractivity contribution in [2.24, 2.45) is 0 Å². The molecule has 12 heteroatoms. The summed E-state index contributed by atoms with van der Waals surface area (Å²) in [6.45, 7) is 6.34. The fourth-order valence-electron chi connectivity index (χ4n) is 4.71. The van der Waals surface area contributed by atoms with E-state index in [0.29, 0.717) is 52.4 Å². The number of aromatic nitrogens is 4. The average molecular weight is 582 g/mol. The molecule has 2 atom stereocenters. The minimum atomic E-state index is 0.288. The SMILES string of the molecule is COc1cc(OC)c(Cl)c(Nc2ncccc2-c2ncnc(Nc3ccc(N4C[C@@H](C)N[C@@H](C)C4)cc3)n2)c1Cl. The van der Waals surface area contributed by atoms with Crippen LogP contribution in [-0.2, 0) is 0 Å². The maximum absolute atomic E-state index is 6.57. The number of ether oxygens (including phenoxy) is 2. The van der Waals surface area contributed by atoms with Crippen molar-refractivity contribution in [3.05, 3.63) is 65.0 Å². The van der Waals surface area contributed by atoms with E-state index >= 15 is 0 Å². The van der Waals surface area contributed by atoms with Gasteiger partial charge in [-0.15, -0.1) is 0 Å². The number of nitrogens with zero attached hydrogens (tertiary/aromatic N) is 5. The lowest BCUT2D eigenvalue weighted by Gasteiger charge is -2.37. The van der Waals surface area contributed by atoms with Gasteiger partial charge in [0.1, 0.15) is 33.7 Å². The normalized spacial score (nSPS) is 16.9. The predicted molar refractivity (Wildman–Crippen MR) is 160 cm³/mol. The maximum Gasteiger partial charge on any atom is 0.230 e. The first-order chi connectivity index (χ1) is 19.4. The summed E-state index contributed by atoms with van der Waals surface area (Å²) in [7, 11) is 3.03. The van der Waals surface area contributed by atoms with Crippen LogP contribution in [0.1, 0.15) is 13.8 Å². The lowest BCUT2D eigenvalue weighted by molar-refractivity contribution is 0.395. The van der Waals surface area contributed by atoms with Gasteiger partial charge < -0.3 is 30.3 Å². The van der Waals surface area contributed by atoms with Gasteiger partial charge in [0.25, 0.3) is 0 Å². The Morgan fingerprint density at radius 3 is 2.23 bits per heavy atom. The molecule has 4 aromatic rings. The van der Waals surface area contributed by atoms with Gasteiger partial charge in [-0.1, -0.05) is 23.2 Å². The van der Waals surface area contributed by atoms with E-state index < -0.39 is 0 Å². The Morgan fingerprint density at radius 1 is 0.900 bits per heavy atom. The largest absolute Gasteiger partial charge is 0.495 e. The van der Waals surface area contributed by atoms with Gasteiger partial charge in [-0.3, -0.25) is 0 Å². The summed E-state index contributed by atoms with van der Waals surface area (Å²) in [4.78, 5) is 20.2. The lowest BCUT2D eigenvalue weighted by Crippen LogP contribution is -2.54. The number of methoxy groups -OCH3 is 2. The number of halogens is 2. The van der Waals surface area contributed by atoms with Gasteiger partial charge in [0.05, 0.1) is 25.5 Å². The topological polar surface area (TPSA) is 109 Å². The molecule has 0 spiro atoms. The Hall–Kier alpha value is -3.86. The maximum atomic E-state index is 6.57. The van der Waals surface area contributed by atoms with Crippen LogP contribution in [0, 0.1) is 0 Å². The van der Waals surface area contributed by atoms with E-state index in [2.05, 4.69) is 66.8 Å². The fourth-order valence-corrected chi connectivity index (χ4v) is 5.30. The van der Waals surface area contributed by atoms with Crippen LogP contribution >= 0.6 is 23.2 Å². The van der Waals surface area contributed by atoms with E-state index in [1.54, 1.807) is 18.3 Å². The summed E-state index contributed by atoms with van der Waals surface area (Å²) >= 11 is 13.1. The highest BCUT2D eigenvalue weighted by atomic mass is 35.5. The zero-order valence-electron chi connectivity index (χ0n) is 22.6. The summed E-state index contributed by atoms with van der Waals surface area (Å²) < 4.78 is 10.8. The molecule has 208 valence electrons. The molecule has 0 unspecified atom stereocenters. The first-order valence-corrected chi connectivity index (χ1v) is 13.5. The number of pyridine rings is 1. The molecule has 0 radical (unpaired) electrons. The van der Waals surface area contributed by atoms with Crippen molar-refractivity contribution in [2.45, 2.75) is 25.9 Å². The highest BCUT2D eigenvalue weighted by Gasteiger charge is 2.22. The fraction of sp³-hybridized carbons (Fsp3) is 0.286. The van der Waals surface area contributed by atoms with Gasteiger partial charge >= 0.3 is 0 Å². The molecule has 3 heterocycles. The van der Waals surface area contributed by atoms with Crippen molar-refractivity contribution in [2.75, 3.05) is 42.8 Å². The summed E-state index contributed by atoms with van der Waals surface area (Å²) in [5.74, 6) is 2.07. The van der Waals surface area contributed by atoms with Crippen molar-refractivity contribution in [3.8, 4) is 22.9 Å². The highest BCUT2D eigenvalue weighted by molar-refractivity contribution is 6.41. The van der Waals surface area contributed by atoms with Crippen LogP contribution < -0.4 is 30.3 Å². The number of nitrogens with one attached hydrogen (secondary N) is 3. The van der Waals surface area contributed by atoms with E-state index in [-0.39, 0.29) is 10.0 Å². The van der Waals surface area contributed by atoms with Crippen LogP contribution in [-0.4, -0.2) is 59.3 Å². The highest BCUT2D eigenvalue weighted by Crippen LogP contribution is 2.45. The molecule has 3 N–H and O–H groups in total. The molecule has 0 bridgehead atoms. The Morgan fingerprint density at radius 2 is 1.57 bits per heavy atom. The van der Waals surface area contributed by atoms with Gasteiger partial charge in [0.15, 0.2) is 5.82 Å². The van der Waals surface area contributed by atoms with E-state index in [0.717, 1.165) is 18.8 Å². The van der Waals surface area contributed by atoms with Gasteiger partial charge in [0.2, 0.25) is 5.95 Å².